The Balaban J connectivity index is 1.38. The second kappa shape index (κ2) is 6.81. The van der Waals surface area contributed by atoms with Gasteiger partial charge in [0.05, 0.1) is 0 Å². The third-order valence-electron chi connectivity index (χ3n) is 4.52. The molecule has 2 fully saturated rings. The van der Waals surface area contributed by atoms with Crippen molar-refractivity contribution in [3.63, 3.8) is 0 Å². The Labute approximate surface area is 130 Å². The van der Waals surface area contributed by atoms with E-state index in [1.54, 1.807) is 0 Å². The first-order valence-corrected chi connectivity index (χ1v) is 7.99. The molecule has 1 aliphatic carbocycles. The molecule has 0 aromatic heterocycles. The van der Waals surface area contributed by atoms with Crippen LogP contribution in [0.1, 0.15) is 31.2 Å². The van der Waals surface area contributed by atoms with Crippen molar-refractivity contribution in [1.82, 2.24) is 10.6 Å². The predicted octanol–water partition coefficient (Wildman–Crippen LogP) is 2.01. The van der Waals surface area contributed by atoms with E-state index in [0.717, 1.165) is 32.1 Å². The van der Waals surface area contributed by atoms with Gasteiger partial charge in [-0.25, -0.2) is 4.79 Å². The summed E-state index contributed by atoms with van der Waals surface area (Å²) in [6.07, 6.45) is 4.58. The molecule has 1 aliphatic heterocycles. The molecular weight excluding hydrogens is 280 g/mol. The fourth-order valence-electron chi connectivity index (χ4n) is 3.13. The van der Waals surface area contributed by atoms with Crippen LogP contribution in [0.4, 0.5) is 4.79 Å². The van der Waals surface area contributed by atoms with Crippen LogP contribution in [0, 0.1) is 5.92 Å². The first-order valence-electron chi connectivity index (χ1n) is 7.99. The summed E-state index contributed by atoms with van der Waals surface area (Å²) in [5.41, 5.74) is 1.38. The fourth-order valence-corrected chi connectivity index (χ4v) is 3.13. The van der Waals surface area contributed by atoms with E-state index in [2.05, 4.69) is 34.9 Å². The van der Waals surface area contributed by atoms with Crippen molar-refractivity contribution < 1.29 is 14.3 Å². The molecule has 118 valence electrons. The lowest BCUT2D eigenvalue weighted by Crippen LogP contribution is -2.62. The summed E-state index contributed by atoms with van der Waals surface area (Å²) < 4.78 is 5.41. The average Bonchev–Trinajstić information content (AvgIpc) is 2.54. The van der Waals surface area contributed by atoms with E-state index in [4.69, 9.17) is 4.74 Å². The van der Waals surface area contributed by atoms with Gasteiger partial charge in [0.15, 0.2) is 0 Å². The van der Waals surface area contributed by atoms with Gasteiger partial charge < -0.3 is 15.4 Å². The molecule has 3 rings (SSSR count). The number of benzene rings is 1. The van der Waals surface area contributed by atoms with E-state index in [1.165, 1.54) is 5.56 Å². The van der Waals surface area contributed by atoms with Gasteiger partial charge >= 0.3 is 6.09 Å². The van der Waals surface area contributed by atoms with Crippen molar-refractivity contribution in [2.45, 2.75) is 44.2 Å². The molecule has 2 N–H and O–H groups in total. The van der Waals surface area contributed by atoms with E-state index in [0.29, 0.717) is 12.5 Å². The first-order chi connectivity index (χ1) is 10.7. The quantitative estimate of drug-likeness (QED) is 0.836. The van der Waals surface area contributed by atoms with Crippen molar-refractivity contribution in [2.75, 3.05) is 6.54 Å². The summed E-state index contributed by atoms with van der Waals surface area (Å²) in [6.45, 7) is 0.498. The van der Waals surface area contributed by atoms with E-state index in [1.807, 2.05) is 6.07 Å². The molecule has 1 heterocycles. The Kier molecular flexibility index (Phi) is 4.61. The highest BCUT2D eigenvalue weighted by Crippen LogP contribution is 2.29. The number of rotatable bonds is 4. The molecule has 1 saturated heterocycles. The van der Waals surface area contributed by atoms with Crippen LogP contribution in [0.3, 0.4) is 0 Å². The fraction of sp³-hybridized carbons (Fsp3) is 0.529. The van der Waals surface area contributed by atoms with Crippen LogP contribution in [0.25, 0.3) is 0 Å². The van der Waals surface area contributed by atoms with Crippen molar-refractivity contribution >= 4 is 12.0 Å². The summed E-state index contributed by atoms with van der Waals surface area (Å²) in [5, 5.41) is 5.18. The smallest absolute Gasteiger partial charge is 0.408 e. The van der Waals surface area contributed by atoms with Crippen molar-refractivity contribution in [2.24, 2.45) is 5.92 Å². The number of carbonyl (C=O) groups is 2. The van der Waals surface area contributed by atoms with Gasteiger partial charge in [-0.05, 0) is 43.6 Å². The van der Waals surface area contributed by atoms with Gasteiger partial charge in [-0.15, -0.1) is 0 Å². The van der Waals surface area contributed by atoms with E-state index >= 15 is 0 Å². The number of nitrogens with one attached hydrogen (secondary N) is 2. The molecule has 0 radical (unpaired) electrons. The van der Waals surface area contributed by atoms with Crippen molar-refractivity contribution in [3.8, 4) is 0 Å². The van der Waals surface area contributed by atoms with Crippen LogP contribution in [0.15, 0.2) is 30.3 Å². The maximum Gasteiger partial charge on any atom is 0.408 e. The minimum atomic E-state index is -0.466. The SMILES string of the molecule is O=C(N[C@@H]1CNC1=O)OC1CCC(Cc2ccccc2)CC1. The lowest BCUT2D eigenvalue weighted by Gasteiger charge is -2.30. The van der Waals surface area contributed by atoms with E-state index in [9.17, 15) is 9.59 Å². The number of hydrogen-bond donors (Lipinski definition) is 2. The van der Waals surface area contributed by atoms with Crippen molar-refractivity contribution in [3.05, 3.63) is 35.9 Å². The average molecular weight is 302 g/mol. The highest BCUT2D eigenvalue weighted by Gasteiger charge is 2.31. The molecule has 2 amide bonds. The summed E-state index contributed by atoms with van der Waals surface area (Å²) >= 11 is 0. The van der Waals surface area contributed by atoms with Gasteiger partial charge in [0.2, 0.25) is 5.91 Å². The topological polar surface area (TPSA) is 67.4 Å². The monoisotopic (exact) mass is 302 g/mol. The Bertz CT molecular complexity index is 524. The maximum atomic E-state index is 11.7. The largest absolute Gasteiger partial charge is 0.446 e. The standard InChI is InChI=1S/C17H22N2O3/c20-16-15(11-18-16)19-17(21)22-14-8-6-13(7-9-14)10-12-4-2-1-3-5-12/h1-5,13-15H,6-11H2,(H,18,20)(H,19,21)/t13?,14?,15-/m1/s1. The summed E-state index contributed by atoms with van der Waals surface area (Å²) in [5.74, 6) is 0.534. The summed E-state index contributed by atoms with van der Waals surface area (Å²) in [4.78, 5) is 22.8. The molecule has 5 heteroatoms. The zero-order chi connectivity index (χ0) is 15.4. The Morgan fingerprint density at radius 1 is 1.18 bits per heavy atom. The number of alkyl carbamates (subject to hydrolysis) is 1. The molecule has 1 atom stereocenters. The molecule has 5 nitrogen and oxygen atoms in total. The number of β-lactam (4-membered cyclic amide) rings is 1. The molecule has 1 aromatic rings. The lowest BCUT2D eigenvalue weighted by atomic mass is 9.83. The Morgan fingerprint density at radius 2 is 1.91 bits per heavy atom. The van der Waals surface area contributed by atoms with Crippen molar-refractivity contribution in [1.29, 1.82) is 0 Å². The van der Waals surface area contributed by atoms with Crippen LogP contribution in [0.5, 0.6) is 0 Å². The molecule has 2 aliphatic rings. The van der Waals surface area contributed by atoms with Gasteiger partial charge in [-0.3, -0.25) is 4.79 Å². The lowest BCUT2D eigenvalue weighted by molar-refractivity contribution is -0.128. The summed E-state index contributed by atoms with van der Waals surface area (Å²) in [7, 11) is 0. The summed E-state index contributed by atoms with van der Waals surface area (Å²) in [6, 6.07) is 10.1. The molecule has 0 spiro atoms. The molecule has 1 saturated carbocycles. The molecule has 0 bridgehead atoms. The number of carbonyl (C=O) groups excluding carboxylic acids is 2. The maximum absolute atomic E-state index is 11.7. The Hall–Kier alpha value is -2.04. The molecule has 22 heavy (non-hydrogen) atoms. The molecular formula is C17H22N2O3. The van der Waals surface area contributed by atoms with Gasteiger partial charge in [0.1, 0.15) is 12.1 Å². The Morgan fingerprint density at radius 3 is 2.50 bits per heavy atom. The van der Waals surface area contributed by atoms with E-state index in [-0.39, 0.29) is 12.0 Å². The number of amides is 2. The van der Waals surface area contributed by atoms with Gasteiger partial charge in [-0.2, -0.15) is 0 Å². The zero-order valence-electron chi connectivity index (χ0n) is 12.6. The van der Waals surface area contributed by atoms with E-state index < -0.39 is 12.1 Å². The van der Waals surface area contributed by atoms with Gasteiger partial charge in [0, 0.05) is 6.54 Å². The number of hydrogen-bond acceptors (Lipinski definition) is 3. The third-order valence-corrected chi connectivity index (χ3v) is 4.52. The highest BCUT2D eigenvalue weighted by molar-refractivity contribution is 5.90. The van der Waals surface area contributed by atoms with Crippen LogP contribution >= 0.6 is 0 Å². The first kappa shape index (κ1) is 14.9. The van der Waals surface area contributed by atoms with Crippen LogP contribution < -0.4 is 10.6 Å². The zero-order valence-corrected chi connectivity index (χ0v) is 12.6. The molecule has 0 unspecified atom stereocenters. The minimum absolute atomic E-state index is 0.0184. The van der Waals surface area contributed by atoms with Crippen LogP contribution in [-0.4, -0.2) is 30.7 Å². The van der Waals surface area contributed by atoms with Crippen LogP contribution in [-0.2, 0) is 16.0 Å². The van der Waals surface area contributed by atoms with Crippen LogP contribution in [0.2, 0.25) is 0 Å². The normalized spacial score (nSPS) is 27.5. The highest BCUT2D eigenvalue weighted by atomic mass is 16.6. The van der Waals surface area contributed by atoms with Gasteiger partial charge in [-0.1, -0.05) is 30.3 Å². The second-order valence-corrected chi connectivity index (χ2v) is 6.18. The third kappa shape index (κ3) is 3.78. The minimum Gasteiger partial charge on any atom is -0.446 e. The van der Waals surface area contributed by atoms with Gasteiger partial charge in [0.25, 0.3) is 0 Å². The second-order valence-electron chi connectivity index (χ2n) is 6.18. The molecule has 1 aromatic carbocycles. The predicted molar refractivity (Wildman–Crippen MR) is 82.3 cm³/mol. The number of ether oxygens (including phenoxy) is 1.